The molecule has 0 N–H and O–H groups in total. The van der Waals surface area contributed by atoms with Gasteiger partial charge in [-0.1, -0.05) is 38.1 Å². The van der Waals surface area contributed by atoms with Crippen molar-refractivity contribution in [3.05, 3.63) is 35.4 Å². The zero-order chi connectivity index (χ0) is 14.5. The number of likely N-dealkylation sites (N-methyl/N-ethyl adjacent to an activating group) is 1. The summed E-state index contributed by atoms with van der Waals surface area (Å²) in [5.74, 6) is 1.47. The number of nitrogens with zero attached hydrogens (tertiary/aromatic N) is 2. The van der Waals surface area contributed by atoms with Crippen molar-refractivity contribution in [2.45, 2.75) is 39.2 Å². The molecule has 1 unspecified atom stereocenters. The van der Waals surface area contributed by atoms with E-state index in [9.17, 15) is 0 Å². The van der Waals surface area contributed by atoms with E-state index in [4.69, 9.17) is 0 Å². The molecule has 0 radical (unpaired) electrons. The fourth-order valence-electron chi connectivity index (χ4n) is 3.33. The minimum Gasteiger partial charge on any atom is -0.306 e. The lowest BCUT2D eigenvalue weighted by Crippen LogP contribution is -2.30. The lowest BCUT2D eigenvalue weighted by molar-refractivity contribution is 0.250. The molecule has 2 heteroatoms. The van der Waals surface area contributed by atoms with Crippen molar-refractivity contribution in [3.63, 3.8) is 0 Å². The van der Waals surface area contributed by atoms with Crippen molar-refractivity contribution < 1.29 is 0 Å². The van der Waals surface area contributed by atoms with Crippen molar-refractivity contribution in [3.8, 4) is 0 Å². The second kappa shape index (κ2) is 7.24. The zero-order valence-corrected chi connectivity index (χ0v) is 13.6. The van der Waals surface area contributed by atoms with Gasteiger partial charge in [0.25, 0.3) is 0 Å². The van der Waals surface area contributed by atoms with Gasteiger partial charge in [-0.2, -0.15) is 0 Å². The Kier molecular flexibility index (Phi) is 5.62. The molecule has 0 amide bonds. The Morgan fingerprint density at radius 2 is 1.95 bits per heavy atom. The van der Waals surface area contributed by atoms with Crippen molar-refractivity contribution in [1.29, 1.82) is 0 Å². The molecular formula is C18H30N2. The van der Waals surface area contributed by atoms with Crippen LogP contribution in [0.25, 0.3) is 0 Å². The lowest BCUT2D eigenvalue weighted by Gasteiger charge is -2.30. The van der Waals surface area contributed by atoms with E-state index >= 15 is 0 Å². The Morgan fingerprint density at radius 1 is 1.25 bits per heavy atom. The molecule has 1 aliphatic rings. The molecule has 0 saturated carbocycles. The van der Waals surface area contributed by atoms with Crippen LogP contribution in [-0.2, 0) is 6.54 Å². The summed E-state index contributed by atoms with van der Waals surface area (Å²) in [5.41, 5.74) is 2.95. The van der Waals surface area contributed by atoms with E-state index in [0.717, 1.165) is 24.9 Å². The summed E-state index contributed by atoms with van der Waals surface area (Å²) in [5, 5.41) is 0. The van der Waals surface area contributed by atoms with Crippen LogP contribution >= 0.6 is 0 Å². The summed E-state index contributed by atoms with van der Waals surface area (Å²) in [6, 6.07) is 9.34. The topological polar surface area (TPSA) is 6.48 Å². The first-order valence-corrected chi connectivity index (χ1v) is 8.00. The van der Waals surface area contributed by atoms with E-state index < -0.39 is 0 Å². The summed E-state index contributed by atoms with van der Waals surface area (Å²) in [6.45, 7) is 9.25. The fraction of sp³-hybridized carbons (Fsp3) is 0.667. The maximum absolute atomic E-state index is 2.46. The number of likely N-dealkylation sites (tertiary alicyclic amines) is 1. The quantitative estimate of drug-likeness (QED) is 0.809. The predicted octanol–water partition coefficient (Wildman–Crippen LogP) is 3.58. The largest absolute Gasteiger partial charge is 0.306 e. The van der Waals surface area contributed by atoms with Gasteiger partial charge in [0.2, 0.25) is 0 Å². The molecule has 1 saturated heterocycles. The van der Waals surface area contributed by atoms with E-state index in [0.29, 0.717) is 0 Å². The first-order valence-electron chi connectivity index (χ1n) is 8.00. The van der Waals surface area contributed by atoms with E-state index in [2.05, 4.69) is 62.0 Å². The molecule has 1 aliphatic heterocycles. The van der Waals surface area contributed by atoms with Gasteiger partial charge in [0.1, 0.15) is 0 Å². The van der Waals surface area contributed by atoms with E-state index in [1.807, 2.05) is 0 Å². The number of hydrogen-bond donors (Lipinski definition) is 0. The van der Waals surface area contributed by atoms with Crippen LogP contribution in [0, 0.1) is 5.92 Å². The Labute approximate surface area is 124 Å². The number of benzene rings is 1. The second-order valence-electron chi connectivity index (χ2n) is 6.93. The van der Waals surface area contributed by atoms with Gasteiger partial charge in [-0.25, -0.2) is 0 Å². The number of hydrogen-bond acceptors (Lipinski definition) is 2. The third-order valence-corrected chi connectivity index (χ3v) is 4.20. The highest BCUT2D eigenvalue weighted by atomic mass is 15.1. The van der Waals surface area contributed by atoms with Gasteiger partial charge in [-0.3, -0.25) is 0 Å². The Hall–Kier alpha value is -0.860. The molecule has 0 spiro atoms. The third kappa shape index (κ3) is 4.60. The van der Waals surface area contributed by atoms with Crippen molar-refractivity contribution in [2.24, 2.45) is 5.92 Å². The van der Waals surface area contributed by atoms with Gasteiger partial charge in [-0.15, -0.1) is 0 Å². The maximum Gasteiger partial charge on any atom is 0.0230 e. The van der Waals surface area contributed by atoms with E-state index in [1.165, 1.54) is 37.1 Å². The van der Waals surface area contributed by atoms with Crippen LogP contribution in [0.2, 0.25) is 0 Å². The molecule has 1 atom stereocenters. The summed E-state index contributed by atoms with van der Waals surface area (Å²) >= 11 is 0. The minimum absolute atomic E-state index is 0.733. The normalized spacial score (nSPS) is 20.8. The van der Waals surface area contributed by atoms with Gasteiger partial charge in [0.05, 0.1) is 0 Å². The zero-order valence-electron chi connectivity index (χ0n) is 13.6. The summed E-state index contributed by atoms with van der Waals surface area (Å²) < 4.78 is 0. The lowest BCUT2D eigenvalue weighted by atomic mass is 9.90. The van der Waals surface area contributed by atoms with E-state index in [1.54, 1.807) is 0 Å². The molecule has 0 bridgehead atoms. The van der Waals surface area contributed by atoms with Gasteiger partial charge in [0.15, 0.2) is 0 Å². The molecular weight excluding hydrogens is 244 g/mol. The smallest absolute Gasteiger partial charge is 0.0230 e. The van der Waals surface area contributed by atoms with Crippen LogP contribution in [-0.4, -0.2) is 43.5 Å². The Bertz CT molecular complexity index is 396. The maximum atomic E-state index is 2.46. The molecule has 1 fully saturated rings. The first kappa shape index (κ1) is 15.5. The fourth-order valence-corrected chi connectivity index (χ4v) is 3.33. The average molecular weight is 274 g/mol. The molecule has 112 valence electrons. The molecule has 0 aromatic heterocycles. The highest BCUT2D eigenvalue weighted by Gasteiger charge is 2.18. The van der Waals surface area contributed by atoms with E-state index in [-0.39, 0.29) is 0 Å². The van der Waals surface area contributed by atoms with Crippen LogP contribution in [0.3, 0.4) is 0 Å². The second-order valence-corrected chi connectivity index (χ2v) is 6.93. The van der Waals surface area contributed by atoms with Gasteiger partial charge < -0.3 is 9.80 Å². The number of piperidine rings is 1. The molecule has 1 aromatic rings. The Balaban J connectivity index is 1.92. The van der Waals surface area contributed by atoms with Crippen LogP contribution < -0.4 is 0 Å². The van der Waals surface area contributed by atoms with Crippen LogP contribution in [0.4, 0.5) is 0 Å². The predicted molar refractivity (Wildman–Crippen MR) is 87.1 cm³/mol. The standard InChI is InChI=1S/C18H30N2/c1-15(2)12-20(4)13-16-7-9-17(10-8-16)18-6-5-11-19(3)14-18/h7-10,15,18H,5-6,11-14H2,1-4H3. The monoisotopic (exact) mass is 274 g/mol. The van der Waals surface area contributed by atoms with Crippen LogP contribution in [0.1, 0.15) is 43.7 Å². The van der Waals surface area contributed by atoms with Crippen LogP contribution in [0.5, 0.6) is 0 Å². The Morgan fingerprint density at radius 3 is 2.55 bits per heavy atom. The van der Waals surface area contributed by atoms with Crippen molar-refractivity contribution >= 4 is 0 Å². The number of rotatable bonds is 5. The van der Waals surface area contributed by atoms with Gasteiger partial charge >= 0.3 is 0 Å². The summed E-state index contributed by atoms with van der Waals surface area (Å²) in [7, 11) is 4.45. The third-order valence-electron chi connectivity index (χ3n) is 4.20. The van der Waals surface area contributed by atoms with Gasteiger partial charge in [0, 0.05) is 19.6 Å². The summed E-state index contributed by atoms with van der Waals surface area (Å²) in [4.78, 5) is 4.87. The van der Waals surface area contributed by atoms with Crippen LogP contribution in [0.15, 0.2) is 24.3 Å². The molecule has 20 heavy (non-hydrogen) atoms. The minimum atomic E-state index is 0.733. The van der Waals surface area contributed by atoms with Crippen molar-refractivity contribution in [2.75, 3.05) is 33.7 Å². The van der Waals surface area contributed by atoms with Gasteiger partial charge in [-0.05, 0) is 56.4 Å². The highest BCUT2D eigenvalue weighted by molar-refractivity contribution is 5.26. The molecule has 0 aliphatic carbocycles. The first-order chi connectivity index (χ1) is 9.54. The highest BCUT2D eigenvalue weighted by Crippen LogP contribution is 2.26. The molecule has 1 heterocycles. The summed E-state index contributed by atoms with van der Waals surface area (Å²) in [6.07, 6.45) is 2.68. The molecule has 1 aromatic carbocycles. The van der Waals surface area contributed by atoms with Crippen molar-refractivity contribution in [1.82, 2.24) is 9.80 Å². The molecule has 2 nitrogen and oxygen atoms in total. The SMILES string of the molecule is CC(C)CN(C)Cc1ccc(C2CCCN(C)C2)cc1. The molecule has 2 rings (SSSR count). The average Bonchev–Trinajstić information content (AvgIpc) is 2.38.